The number of nitrogens with one attached hydrogen (secondary N) is 1. The van der Waals surface area contributed by atoms with Crippen molar-refractivity contribution in [3.8, 4) is 5.69 Å². The normalized spacial score (nSPS) is 13.4. The van der Waals surface area contributed by atoms with Gasteiger partial charge < -0.3 is 10.2 Å². The van der Waals surface area contributed by atoms with E-state index in [0.29, 0.717) is 21.4 Å². The summed E-state index contributed by atoms with van der Waals surface area (Å²) in [5.74, 6) is 0.525. The van der Waals surface area contributed by atoms with E-state index in [0.717, 1.165) is 37.6 Å². The summed E-state index contributed by atoms with van der Waals surface area (Å²) in [6, 6.07) is 14.5. The van der Waals surface area contributed by atoms with E-state index in [1.807, 2.05) is 28.8 Å². The Kier molecular flexibility index (Phi) is 6.58. The van der Waals surface area contributed by atoms with Crippen LogP contribution in [0.3, 0.4) is 0 Å². The molecular weight excluding hydrogens is 434 g/mol. The number of ketones is 1. The lowest BCUT2D eigenvalue weighted by atomic mass is 10.1. The summed E-state index contributed by atoms with van der Waals surface area (Å²) in [4.78, 5) is 26.6. The lowest BCUT2D eigenvalue weighted by molar-refractivity contribution is -0.113. The second-order valence-corrected chi connectivity index (χ2v) is 8.55. The van der Waals surface area contributed by atoms with Crippen LogP contribution in [0.25, 0.3) is 5.69 Å². The number of para-hydroxylation sites is 2. The van der Waals surface area contributed by atoms with Crippen molar-refractivity contribution in [2.75, 3.05) is 29.1 Å². The molecule has 0 radical (unpaired) electrons. The molecule has 1 amide bonds. The molecule has 31 heavy (non-hydrogen) atoms. The Morgan fingerprint density at radius 3 is 2.52 bits per heavy atom. The molecule has 4 rings (SSSR count). The van der Waals surface area contributed by atoms with Crippen molar-refractivity contribution in [3.05, 3.63) is 59.1 Å². The van der Waals surface area contributed by atoms with Gasteiger partial charge in [-0.3, -0.25) is 14.2 Å². The first-order valence-corrected chi connectivity index (χ1v) is 11.4. The van der Waals surface area contributed by atoms with E-state index >= 15 is 0 Å². The van der Waals surface area contributed by atoms with Gasteiger partial charge >= 0.3 is 0 Å². The van der Waals surface area contributed by atoms with Crippen LogP contribution in [0, 0.1) is 0 Å². The van der Waals surface area contributed by atoms with Crippen molar-refractivity contribution in [1.29, 1.82) is 0 Å². The average Bonchev–Trinajstić information content (AvgIpc) is 3.42. The van der Waals surface area contributed by atoms with Crippen molar-refractivity contribution in [2.24, 2.45) is 0 Å². The van der Waals surface area contributed by atoms with E-state index < -0.39 is 0 Å². The fourth-order valence-electron chi connectivity index (χ4n) is 3.54. The van der Waals surface area contributed by atoms with Crippen molar-refractivity contribution < 1.29 is 9.59 Å². The van der Waals surface area contributed by atoms with Crippen LogP contribution >= 0.6 is 23.4 Å². The molecular formula is C22H22ClN5O2S. The maximum Gasteiger partial charge on any atom is 0.234 e. The maximum absolute atomic E-state index is 12.6. The van der Waals surface area contributed by atoms with Gasteiger partial charge in [0.2, 0.25) is 11.9 Å². The highest BCUT2D eigenvalue weighted by molar-refractivity contribution is 7.99. The summed E-state index contributed by atoms with van der Waals surface area (Å²) >= 11 is 7.75. The Morgan fingerprint density at radius 2 is 1.77 bits per heavy atom. The van der Waals surface area contributed by atoms with Crippen molar-refractivity contribution in [1.82, 2.24) is 14.8 Å². The Morgan fingerprint density at radius 1 is 1.06 bits per heavy atom. The molecule has 0 spiro atoms. The zero-order valence-electron chi connectivity index (χ0n) is 17.0. The summed E-state index contributed by atoms with van der Waals surface area (Å²) in [7, 11) is 0. The number of aromatic nitrogens is 3. The van der Waals surface area contributed by atoms with E-state index in [-0.39, 0.29) is 17.4 Å². The van der Waals surface area contributed by atoms with Gasteiger partial charge in [-0.15, -0.1) is 10.2 Å². The fraction of sp³-hybridized carbons (Fsp3) is 0.273. The molecule has 7 nitrogen and oxygen atoms in total. The van der Waals surface area contributed by atoms with Crippen LogP contribution in [-0.2, 0) is 4.79 Å². The van der Waals surface area contributed by atoms with Crippen LogP contribution in [0.5, 0.6) is 0 Å². The number of anilines is 2. The van der Waals surface area contributed by atoms with Gasteiger partial charge in [0.05, 0.1) is 22.2 Å². The first kappa shape index (κ1) is 21.4. The Balaban J connectivity index is 1.56. The molecule has 1 N–H and O–H groups in total. The van der Waals surface area contributed by atoms with Gasteiger partial charge in [-0.1, -0.05) is 47.6 Å². The summed E-state index contributed by atoms with van der Waals surface area (Å²) in [6.45, 7) is 3.30. The molecule has 9 heteroatoms. The number of thioether (sulfide) groups is 1. The minimum Gasteiger partial charge on any atom is -0.341 e. The second kappa shape index (κ2) is 9.53. The number of Topliss-reactive ketones (excluding diaryl/α,β-unsaturated/α-hetero) is 1. The van der Waals surface area contributed by atoms with E-state index in [4.69, 9.17) is 11.6 Å². The summed E-state index contributed by atoms with van der Waals surface area (Å²) in [5, 5.41) is 12.7. The second-order valence-electron chi connectivity index (χ2n) is 7.20. The summed E-state index contributed by atoms with van der Waals surface area (Å²) in [6.07, 6.45) is 2.21. The van der Waals surface area contributed by atoms with Gasteiger partial charge in [0.25, 0.3) is 0 Å². The minimum atomic E-state index is -0.227. The number of halogens is 1. The third kappa shape index (κ3) is 4.75. The third-order valence-electron chi connectivity index (χ3n) is 5.01. The Hall–Kier alpha value is -2.84. The molecule has 1 aliphatic rings. The van der Waals surface area contributed by atoms with E-state index in [9.17, 15) is 9.59 Å². The van der Waals surface area contributed by atoms with Crippen LogP contribution in [0.1, 0.15) is 30.1 Å². The molecule has 1 fully saturated rings. The number of amides is 1. The molecule has 0 unspecified atom stereocenters. The predicted molar refractivity (Wildman–Crippen MR) is 124 cm³/mol. The quantitative estimate of drug-likeness (QED) is 0.418. The number of benzene rings is 2. The highest BCUT2D eigenvalue weighted by Crippen LogP contribution is 2.32. The van der Waals surface area contributed by atoms with Crippen LogP contribution in [0.4, 0.5) is 11.6 Å². The van der Waals surface area contributed by atoms with E-state index in [1.54, 1.807) is 24.3 Å². The number of carbonyl (C=O) groups excluding carboxylic acids is 2. The summed E-state index contributed by atoms with van der Waals surface area (Å²) in [5.41, 5.74) is 1.77. The molecule has 0 saturated carbocycles. The fourth-order valence-corrected chi connectivity index (χ4v) is 4.50. The van der Waals surface area contributed by atoms with Gasteiger partial charge in [0.1, 0.15) is 0 Å². The Bertz CT molecular complexity index is 1110. The molecule has 3 aromatic rings. The molecule has 0 atom stereocenters. The van der Waals surface area contributed by atoms with Crippen LogP contribution in [0.2, 0.25) is 5.02 Å². The highest BCUT2D eigenvalue weighted by Gasteiger charge is 2.24. The largest absolute Gasteiger partial charge is 0.341 e. The standard InChI is InChI=1S/C22H22ClN5O2S/c1-15(29)16-8-2-4-10-18(16)24-20(30)14-31-22-26-25-21(27-12-6-7-13-27)28(22)19-11-5-3-9-17(19)23/h2-5,8-11H,6-7,12-14H2,1H3,(H,24,30). The van der Waals surface area contributed by atoms with E-state index in [1.165, 1.54) is 18.7 Å². The third-order valence-corrected chi connectivity index (χ3v) is 6.26. The monoisotopic (exact) mass is 455 g/mol. The van der Waals surface area contributed by atoms with Gasteiger partial charge in [0.15, 0.2) is 10.9 Å². The molecule has 160 valence electrons. The van der Waals surface area contributed by atoms with Gasteiger partial charge in [-0.2, -0.15) is 0 Å². The zero-order chi connectivity index (χ0) is 21.8. The van der Waals surface area contributed by atoms with Crippen molar-refractivity contribution >= 4 is 46.7 Å². The van der Waals surface area contributed by atoms with Crippen LogP contribution in [-0.4, -0.2) is 45.3 Å². The average molecular weight is 456 g/mol. The highest BCUT2D eigenvalue weighted by atomic mass is 35.5. The first-order valence-electron chi connectivity index (χ1n) is 10.0. The smallest absolute Gasteiger partial charge is 0.234 e. The van der Waals surface area contributed by atoms with Gasteiger partial charge in [-0.05, 0) is 44.0 Å². The number of hydrogen-bond donors (Lipinski definition) is 1. The molecule has 2 aromatic carbocycles. The lowest BCUT2D eigenvalue weighted by Crippen LogP contribution is -2.22. The predicted octanol–water partition coefficient (Wildman–Crippen LogP) is 4.45. The Labute approximate surface area is 189 Å². The molecule has 1 saturated heterocycles. The van der Waals surface area contributed by atoms with Gasteiger partial charge in [0, 0.05) is 18.7 Å². The van der Waals surface area contributed by atoms with E-state index in [2.05, 4.69) is 20.4 Å². The number of nitrogens with zero attached hydrogens (tertiary/aromatic N) is 4. The number of carbonyl (C=O) groups is 2. The van der Waals surface area contributed by atoms with Crippen molar-refractivity contribution in [3.63, 3.8) is 0 Å². The molecule has 0 bridgehead atoms. The van der Waals surface area contributed by atoms with Crippen LogP contribution < -0.4 is 10.2 Å². The molecule has 2 heterocycles. The SMILES string of the molecule is CC(=O)c1ccccc1NC(=O)CSc1nnc(N2CCCC2)n1-c1ccccc1Cl. The lowest BCUT2D eigenvalue weighted by Gasteiger charge is -2.19. The first-order chi connectivity index (χ1) is 15.0. The number of hydrogen-bond acceptors (Lipinski definition) is 6. The molecule has 1 aliphatic heterocycles. The summed E-state index contributed by atoms with van der Waals surface area (Å²) < 4.78 is 1.91. The minimum absolute atomic E-state index is 0.0997. The number of rotatable bonds is 7. The molecule has 0 aliphatic carbocycles. The van der Waals surface area contributed by atoms with Gasteiger partial charge in [-0.25, -0.2) is 0 Å². The zero-order valence-corrected chi connectivity index (χ0v) is 18.6. The van der Waals surface area contributed by atoms with Crippen molar-refractivity contribution in [2.45, 2.75) is 24.9 Å². The topological polar surface area (TPSA) is 80.1 Å². The molecule has 1 aromatic heterocycles. The maximum atomic E-state index is 12.6. The van der Waals surface area contributed by atoms with Crippen LogP contribution in [0.15, 0.2) is 53.7 Å².